The summed E-state index contributed by atoms with van der Waals surface area (Å²) in [6.45, 7) is 0.699. The van der Waals surface area contributed by atoms with Crippen molar-refractivity contribution in [3.05, 3.63) is 59.7 Å². The SMILES string of the molecule is NS(=O)(=O)c1cccc(NC(=O)CCN(C2CC2)C2CCCc3ccccc32)c1. The van der Waals surface area contributed by atoms with Gasteiger partial charge in [0.25, 0.3) is 0 Å². The number of nitrogens with zero attached hydrogens (tertiary/aromatic N) is 1. The Morgan fingerprint density at radius 3 is 2.66 bits per heavy atom. The van der Waals surface area contributed by atoms with Crippen LogP contribution < -0.4 is 10.5 Å². The van der Waals surface area contributed by atoms with Crippen molar-refractivity contribution in [3.63, 3.8) is 0 Å². The molecule has 1 fully saturated rings. The van der Waals surface area contributed by atoms with Crippen molar-refractivity contribution in [2.75, 3.05) is 11.9 Å². The van der Waals surface area contributed by atoms with Gasteiger partial charge < -0.3 is 5.32 Å². The van der Waals surface area contributed by atoms with Crippen molar-refractivity contribution in [2.24, 2.45) is 5.14 Å². The van der Waals surface area contributed by atoms with Gasteiger partial charge in [-0.05, 0) is 61.4 Å². The molecular weight excluding hydrogens is 386 g/mol. The van der Waals surface area contributed by atoms with E-state index in [4.69, 9.17) is 5.14 Å². The van der Waals surface area contributed by atoms with Gasteiger partial charge in [-0.25, -0.2) is 13.6 Å². The summed E-state index contributed by atoms with van der Waals surface area (Å²) in [6, 6.07) is 15.7. The molecule has 0 spiro atoms. The van der Waals surface area contributed by atoms with Gasteiger partial charge in [0.1, 0.15) is 0 Å². The van der Waals surface area contributed by atoms with E-state index in [2.05, 4.69) is 34.5 Å². The smallest absolute Gasteiger partial charge is 0.238 e. The number of benzene rings is 2. The third-order valence-electron chi connectivity index (χ3n) is 5.80. The van der Waals surface area contributed by atoms with Gasteiger partial charge in [0.15, 0.2) is 0 Å². The van der Waals surface area contributed by atoms with Crippen molar-refractivity contribution in [1.82, 2.24) is 4.90 Å². The Hall–Kier alpha value is -2.22. The van der Waals surface area contributed by atoms with E-state index in [-0.39, 0.29) is 10.8 Å². The maximum Gasteiger partial charge on any atom is 0.238 e. The van der Waals surface area contributed by atoms with E-state index in [0.29, 0.717) is 30.7 Å². The highest BCUT2D eigenvalue weighted by Crippen LogP contribution is 2.40. The maximum atomic E-state index is 12.5. The number of hydrogen-bond donors (Lipinski definition) is 2. The number of nitrogens with two attached hydrogens (primary N) is 1. The number of primary sulfonamides is 1. The predicted octanol–water partition coefficient (Wildman–Crippen LogP) is 3.20. The molecule has 2 aromatic carbocycles. The monoisotopic (exact) mass is 413 g/mol. The number of carbonyl (C=O) groups is 1. The molecule has 154 valence electrons. The van der Waals surface area contributed by atoms with Gasteiger partial charge in [-0.15, -0.1) is 0 Å². The molecule has 0 saturated heterocycles. The van der Waals surface area contributed by atoms with Crippen LogP contribution in [0.2, 0.25) is 0 Å². The standard InChI is InChI=1S/C22H27N3O3S/c23-29(27,28)19-8-4-7-17(15-19)24-22(26)13-14-25(18-11-12-18)21-10-3-6-16-5-1-2-9-20(16)21/h1-2,4-5,7-9,15,18,21H,3,6,10-14H2,(H,24,26)(H2,23,27,28). The zero-order valence-corrected chi connectivity index (χ0v) is 17.2. The lowest BCUT2D eigenvalue weighted by atomic mass is 9.86. The Kier molecular flexibility index (Phi) is 5.72. The quantitative estimate of drug-likeness (QED) is 0.729. The molecular formula is C22H27N3O3S. The fraction of sp³-hybridized carbons (Fsp3) is 0.409. The summed E-state index contributed by atoms with van der Waals surface area (Å²) in [4.78, 5) is 15.0. The molecule has 2 aliphatic carbocycles. The normalized spacial score (nSPS) is 19.0. The van der Waals surface area contributed by atoms with Gasteiger partial charge in [0, 0.05) is 30.7 Å². The number of fused-ring (bicyclic) bond motifs is 1. The fourth-order valence-corrected chi connectivity index (χ4v) is 4.84. The molecule has 7 heteroatoms. The molecule has 29 heavy (non-hydrogen) atoms. The molecule has 1 unspecified atom stereocenters. The van der Waals surface area contributed by atoms with Gasteiger partial charge >= 0.3 is 0 Å². The van der Waals surface area contributed by atoms with Crippen LogP contribution in [0.3, 0.4) is 0 Å². The third-order valence-corrected chi connectivity index (χ3v) is 6.71. The minimum absolute atomic E-state index is 0.00582. The van der Waals surface area contributed by atoms with Gasteiger partial charge in [0.2, 0.25) is 15.9 Å². The first-order valence-corrected chi connectivity index (χ1v) is 11.7. The van der Waals surface area contributed by atoms with E-state index in [9.17, 15) is 13.2 Å². The van der Waals surface area contributed by atoms with E-state index in [0.717, 1.165) is 12.8 Å². The van der Waals surface area contributed by atoms with Crippen LogP contribution in [0, 0.1) is 0 Å². The highest BCUT2D eigenvalue weighted by Gasteiger charge is 2.36. The van der Waals surface area contributed by atoms with Gasteiger partial charge in [-0.2, -0.15) is 0 Å². The second kappa shape index (κ2) is 8.26. The zero-order valence-electron chi connectivity index (χ0n) is 16.4. The summed E-state index contributed by atoms with van der Waals surface area (Å²) in [6.07, 6.45) is 6.19. The molecule has 0 aromatic heterocycles. The first kappa shape index (κ1) is 20.1. The highest BCUT2D eigenvalue weighted by molar-refractivity contribution is 7.89. The van der Waals surface area contributed by atoms with Crippen molar-refractivity contribution in [1.29, 1.82) is 0 Å². The lowest BCUT2D eigenvalue weighted by Crippen LogP contribution is -2.35. The first-order valence-electron chi connectivity index (χ1n) is 10.2. The fourth-order valence-electron chi connectivity index (χ4n) is 4.28. The molecule has 1 atom stereocenters. The van der Waals surface area contributed by atoms with Crippen molar-refractivity contribution in [3.8, 4) is 0 Å². The van der Waals surface area contributed by atoms with Crippen LogP contribution in [0.5, 0.6) is 0 Å². The molecule has 2 aromatic rings. The Morgan fingerprint density at radius 2 is 1.90 bits per heavy atom. The van der Waals surface area contributed by atoms with Crippen LogP contribution in [-0.4, -0.2) is 31.8 Å². The molecule has 6 nitrogen and oxygen atoms in total. The minimum atomic E-state index is -3.79. The van der Waals surface area contributed by atoms with Crippen LogP contribution in [0.15, 0.2) is 53.4 Å². The molecule has 3 N–H and O–H groups in total. The number of rotatable bonds is 7. The summed E-state index contributed by atoms with van der Waals surface area (Å²) in [5.74, 6) is -0.119. The highest BCUT2D eigenvalue weighted by atomic mass is 32.2. The van der Waals surface area contributed by atoms with Crippen molar-refractivity contribution < 1.29 is 13.2 Å². The average Bonchev–Trinajstić information content (AvgIpc) is 3.53. The van der Waals surface area contributed by atoms with E-state index in [1.165, 1.54) is 42.5 Å². The predicted molar refractivity (Wildman–Crippen MR) is 113 cm³/mol. The average molecular weight is 414 g/mol. The number of amides is 1. The minimum Gasteiger partial charge on any atom is -0.326 e. The Morgan fingerprint density at radius 1 is 1.10 bits per heavy atom. The van der Waals surface area contributed by atoms with Gasteiger partial charge in [-0.3, -0.25) is 9.69 Å². The van der Waals surface area contributed by atoms with Crippen molar-refractivity contribution >= 4 is 21.6 Å². The topological polar surface area (TPSA) is 92.5 Å². The van der Waals surface area contributed by atoms with E-state index < -0.39 is 10.0 Å². The summed E-state index contributed by atoms with van der Waals surface area (Å²) in [5, 5.41) is 7.98. The molecule has 0 aliphatic heterocycles. The lowest BCUT2D eigenvalue weighted by Gasteiger charge is -2.36. The number of nitrogens with one attached hydrogen (secondary N) is 1. The van der Waals surface area contributed by atoms with Crippen LogP contribution in [0.4, 0.5) is 5.69 Å². The van der Waals surface area contributed by atoms with E-state index >= 15 is 0 Å². The summed E-state index contributed by atoms with van der Waals surface area (Å²) in [5.41, 5.74) is 3.29. The van der Waals surface area contributed by atoms with Crippen LogP contribution >= 0.6 is 0 Å². The number of anilines is 1. The molecule has 4 rings (SSSR count). The number of sulfonamides is 1. The summed E-state index contributed by atoms with van der Waals surface area (Å²) in [7, 11) is -3.79. The number of aryl methyl sites for hydroxylation is 1. The number of hydrogen-bond acceptors (Lipinski definition) is 4. The molecule has 0 radical (unpaired) electrons. The van der Waals surface area contributed by atoms with Gasteiger partial charge in [-0.1, -0.05) is 30.3 Å². The number of carbonyl (C=O) groups excluding carboxylic acids is 1. The zero-order chi connectivity index (χ0) is 20.4. The molecule has 0 bridgehead atoms. The second-order valence-electron chi connectivity index (χ2n) is 7.95. The largest absolute Gasteiger partial charge is 0.326 e. The maximum absolute atomic E-state index is 12.5. The Bertz CT molecular complexity index is 1000. The molecule has 1 saturated carbocycles. The first-order chi connectivity index (χ1) is 13.9. The van der Waals surface area contributed by atoms with Crippen molar-refractivity contribution in [2.45, 2.75) is 55.5 Å². The summed E-state index contributed by atoms with van der Waals surface area (Å²) < 4.78 is 23.0. The lowest BCUT2D eigenvalue weighted by molar-refractivity contribution is -0.116. The third kappa shape index (κ3) is 4.86. The second-order valence-corrected chi connectivity index (χ2v) is 9.51. The van der Waals surface area contributed by atoms with Crippen LogP contribution in [-0.2, 0) is 21.2 Å². The Labute approximate surface area is 172 Å². The van der Waals surface area contributed by atoms with Crippen LogP contribution in [0.1, 0.15) is 49.3 Å². The molecule has 2 aliphatic rings. The van der Waals surface area contributed by atoms with E-state index in [1.807, 2.05) is 0 Å². The molecule has 1 amide bonds. The van der Waals surface area contributed by atoms with Crippen LogP contribution in [0.25, 0.3) is 0 Å². The molecule has 0 heterocycles. The van der Waals surface area contributed by atoms with Gasteiger partial charge in [0.05, 0.1) is 4.90 Å². The summed E-state index contributed by atoms with van der Waals surface area (Å²) >= 11 is 0. The Balaban J connectivity index is 1.42. The van der Waals surface area contributed by atoms with E-state index in [1.54, 1.807) is 12.1 Å².